The molecule has 1 saturated heterocycles. The maximum Gasteiger partial charge on any atom is 0.223 e. The van der Waals surface area contributed by atoms with Crippen molar-refractivity contribution in [3.8, 4) is 0 Å². The lowest BCUT2D eigenvalue weighted by Crippen LogP contribution is -2.41. The van der Waals surface area contributed by atoms with Crippen LogP contribution in [-0.4, -0.2) is 41.8 Å². The number of nitrogens with zero attached hydrogens (tertiary/aromatic N) is 2. The largest absolute Gasteiger partial charge is 0.370 e. The molecular formula is C14H19BrN2O. The summed E-state index contributed by atoms with van der Waals surface area (Å²) in [7, 11) is 2.08. The number of likely N-dealkylation sites (tertiary alicyclic amines) is 1. The molecule has 3 nitrogen and oxygen atoms in total. The molecular weight excluding hydrogens is 292 g/mol. The number of halogens is 1. The van der Waals surface area contributed by atoms with E-state index in [0.29, 0.717) is 17.3 Å². The number of alkyl halides is 1. The minimum Gasteiger partial charge on any atom is -0.370 e. The highest BCUT2D eigenvalue weighted by atomic mass is 79.9. The van der Waals surface area contributed by atoms with Gasteiger partial charge in [-0.05, 0) is 19.1 Å². The maximum atomic E-state index is 11.8. The van der Waals surface area contributed by atoms with Gasteiger partial charge in [-0.1, -0.05) is 34.1 Å². The molecule has 2 rings (SSSR count). The first kappa shape index (κ1) is 13.4. The molecule has 0 N–H and O–H groups in total. The van der Waals surface area contributed by atoms with Crippen LogP contribution in [0.25, 0.3) is 0 Å². The first-order valence-corrected chi connectivity index (χ1v) is 7.19. The van der Waals surface area contributed by atoms with Gasteiger partial charge in [0, 0.05) is 43.1 Å². The van der Waals surface area contributed by atoms with Crippen LogP contribution in [0.1, 0.15) is 13.3 Å². The van der Waals surface area contributed by atoms with Crippen molar-refractivity contribution in [2.24, 2.45) is 0 Å². The molecule has 1 aliphatic rings. The van der Waals surface area contributed by atoms with E-state index >= 15 is 0 Å². The quantitative estimate of drug-likeness (QED) is 0.798. The Morgan fingerprint density at radius 1 is 1.44 bits per heavy atom. The zero-order valence-electron chi connectivity index (χ0n) is 10.8. The van der Waals surface area contributed by atoms with Gasteiger partial charge < -0.3 is 9.80 Å². The van der Waals surface area contributed by atoms with Gasteiger partial charge in [-0.15, -0.1) is 0 Å². The number of benzene rings is 1. The lowest BCUT2D eigenvalue weighted by atomic mass is 10.2. The predicted molar refractivity (Wildman–Crippen MR) is 78.2 cm³/mol. The van der Waals surface area contributed by atoms with Crippen LogP contribution in [0.5, 0.6) is 0 Å². The van der Waals surface area contributed by atoms with Crippen LogP contribution in [0, 0.1) is 0 Å². The summed E-state index contributed by atoms with van der Waals surface area (Å²) in [6, 6.07) is 10.6. The highest BCUT2D eigenvalue weighted by Gasteiger charge is 2.29. The van der Waals surface area contributed by atoms with E-state index in [1.165, 1.54) is 5.69 Å². The van der Waals surface area contributed by atoms with E-state index in [0.717, 1.165) is 13.1 Å². The average Bonchev–Trinajstić information content (AvgIpc) is 2.68. The molecule has 18 heavy (non-hydrogen) atoms. The second-order valence-electron chi connectivity index (χ2n) is 4.90. The number of amides is 1. The fourth-order valence-electron chi connectivity index (χ4n) is 2.26. The summed E-state index contributed by atoms with van der Waals surface area (Å²) in [6.07, 6.45) is 0.627. The van der Waals surface area contributed by atoms with Gasteiger partial charge in [-0.2, -0.15) is 0 Å². The predicted octanol–water partition coefficient (Wildman–Crippen LogP) is 2.51. The molecule has 2 atom stereocenters. The molecule has 0 spiro atoms. The third-order valence-electron chi connectivity index (χ3n) is 3.48. The number of hydrogen-bond donors (Lipinski definition) is 0. The summed E-state index contributed by atoms with van der Waals surface area (Å²) in [5.41, 5.74) is 1.19. The van der Waals surface area contributed by atoms with Gasteiger partial charge >= 0.3 is 0 Å². The van der Waals surface area contributed by atoms with Crippen LogP contribution in [0.4, 0.5) is 5.69 Å². The van der Waals surface area contributed by atoms with Gasteiger partial charge in [0.1, 0.15) is 0 Å². The van der Waals surface area contributed by atoms with E-state index in [4.69, 9.17) is 0 Å². The summed E-state index contributed by atoms with van der Waals surface area (Å²) in [4.78, 5) is 16.2. The highest BCUT2D eigenvalue weighted by Crippen LogP contribution is 2.20. The van der Waals surface area contributed by atoms with Crippen molar-refractivity contribution in [1.82, 2.24) is 4.90 Å². The monoisotopic (exact) mass is 310 g/mol. The Labute approximate surface area is 117 Å². The SMILES string of the molecule is CC(CN1CC(Br)CC1=O)N(C)c1ccccc1. The van der Waals surface area contributed by atoms with Gasteiger partial charge in [0.25, 0.3) is 0 Å². The molecule has 1 amide bonds. The van der Waals surface area contributed by atoms with Crippen molar-refractivity contribution < 1.29 is 4.79 Å². The van der Waals surface area contributed by atoms with E-state index in [-0.39, 0.29) is 5.91 Å². The number of anilines is 1. The summed E-state index contributed by atoms with van der Waals surface area (Å²) >= 11 is 3.51. The highest BCUT2D eigenvalue weighted by molar-refractivity contribution is 9.09. The molecule has 0 bridgehead atoms. The summed E-state index contributed by atoms with van der Waals surface area (Å²) in [5, 5.41) is 0. The van der Waals surface area contributed by atoms with Crippen LogP contribution in [0.2, 0.25) is 0 Å². The lowest BCUT2D eigenvalue weighted by molar-refractivity contribution is -0.127. The number of rotatable bonds is 4. The third kappa shape index (κ3) is 3.05. The molecule has 1 aliphatic heterocycles. The Morgan fingerprint density at radius 3 is 2.67 bits per heavy atom. The molecule has 4 heteroatoms. The van der Waals surface area contributed by atoms with E-state index in [9.17, 15) is 4.79 Å². The van der Waals surface area contributed by atoms with E-state index in [2.05, 4.69) is 46.9 Å². The average molecular weight is 311 g/mol. The topological polar surface area (TPSA) is 23.6 Å². The fourth-order valence-corrected chi connectivity index (χ4v) is 2.89. The minimum atomic E-state index is 0.255. The van der Waals surface area contributed by atoms with Crippen molar-refractivity contribution in [3.63, 3.8) is 0 Å². The van der Waals surface area contributed by atoms with Crippen LogP contribution in [0.15, 0.2) is 30.3 Å². The van der Waals surface area contributed by atoms with Crippen LogP contribution in [-0.2, 0) is 4.79 Å². The van der Waals surface area contributed by atoms with Gasteiger partial charge in [0.05, 0.1) is 0 Å². The Balaban J connectivity index is 1.96. The smallest absolute Gasteiger partial charge is 0.223 e. The van der Waals surface area contributed by atoms with Crippen LogP contribution in [0.3, 0.4) is 0 Å². The minimum absolute atomic E-state index is 0.255. The number of hydrogen-bond acceptors (Lipinski definition) is 2. The van der Waals surface area contributed by atoms with Crippen molar-refractivity contribution in [2.75, 3.05) is 25.0 Å². The normalized spacial score (nSPS) is 21.2. The zero-order valence-corrected chi connectivity index (χ0v) is 12.4. The molecule has 0 radical (unpaired) electrons. The molecule has 2 unspecified atom stereocenters. The van der Waals surface area contributed by atoms with Crippen molar-refractivity contribution in [2.45, 2.75) is 24.2 Å². The van der Waals surface area contributed by atoms with Crippen molar-refractivity contribution in [1.29, 1.82) is 0 Å². The summed E-state index contributed by atoms with van der Waals surface area (Å²) in [5.74, 6) is 0.255. The second kappa shape index (κ2) is 5.74. The maximum absolute atomic E-state index is 11.8. The molecule has 1 aromatic carbocycles. The number of carbonyl (C=O) groups is 1. The van der Waals surface area contributed by atoms with Crippen molar-refractivity contribution >= 4 is 27.5 Å². The first-order valence-electron chi connectivity index (χ1n) is 6.27. The molecule has 1 fully saturated rings. The standard InChI is InChI=1S/C14H19BrN2O/c1-11(9-17-10-12(15)8-14(17)18)16(2)13-6-4-3-5-7-13/h3-7,11-12H,8-10H2,1-2H3. The van der Waals surface area contributed by atoms with Gasteiger partial charge in [-0.3, -0.25) is 4.79 Å². The van der Waals surface area contributed by atoms with Gasteiger partial charge in [0.2, 0.25) is 5.91 Å². The molecule has 1 aromatic rings. The Morgan fingerprint density at radius 2 is 2.11 bits per heavy atom. The molecule has 0 saturated carbocycles. The zero-order chi connectivity index (χ0) is 13.1. The second-order valence-corrected chi connectivity index (χ2v) is 6.19. The number of carbonyl (C=O) groups excluding carboxylic acids is 1. The van der Waals surface area contributed by atoms with E-state index < -0.39 is 0 Å². The van der Waals surface area contributed by atoms with E-state index in [1.807, 2.05) is 23.1 Å². The molecule has 0 aromatic heterocycles. The Bertz CT molecular complexity index is 410. The first-order chi connectivity index (χ1) is 8.58. The number of para-hydroxylation sites is 1. The number of likely N-dealkylation sites (N-methyl/N-ethyl adjacent to an activating group) is 1. The summed E-state index contributed by atoms with van der Waals surface area (Å²) in [6.45, 7) is 3.76. The van der Waals surface area contributed by atoms with Crippen LogP contribution >= 0.6 is 15.9 Å². The van der Waals surface area contributed by atoms with Crippen molar-refractivity contribution in [3.05, 3.63) is 30.3 Å². The van der Waals surface area contributed by atoms with Crippen LogP contribution < -0.4 is 4.90 Å². The van der Waals surface area contributed by atoms with Gasteiger partial charge in [-0.25, -0.2) is 0 Å². The Hall–Kier alpha value is -1.03. The third-order valence-corrected chi connectivity index (χ3v) is 4.09. The molecule has 0 aliphatic carbocycles. The lowest BCUT2D eigenvalue weighted by Gasteiger charge is -2.30. The fraction of sp³-hybridized carbons (Fsp3) is 0.500. The molecule has 98 valence electrons. The molecule has 1 heterocycles. The summed E-state index contributed by atoms with van der Waals surface area (Å²) < 4.78 is 0. The van der Waals surface area contributed by atoms with Gasteiger partial charge in [0.15, 0.2) is 0 Å². The van der Waals surface area contributed by atoms with E-state index in [1.54, 1.807) is 0 Å². The Kier molecular flexibility index (Phi) is 4.27.